The number of nitrogens with zero attached hydrogens (tertiary/aromatic N) is 1. The van der Waals surface area contributed by atoms with Crippen LogP contribution in [0.5, 0.6) is 0 Å². The number of aryl methyl sites for hydroxylation is 1. The summed E-state index contributed by atoms with van der Waals surface area (Å²) >= 11 is 0. The van der Waals surface area contributed by atoms with E-state index in [2.05, 4.69) is 60.6 Å². The van der Waals surface area contributed by atoms with Crippen LogP contribution in [0.3, 0.4) is 0 Å². The van der Waals surface area contributed by atoms with Crippen molar-refractivity contribution in [2.75, 3.05) is 6.54 Å². The number of rotatable bonds is 7. The van der Waals surface area contributed by atoms with Gasteiger partial charge in [-0.3, -0.25) is 14.5 Å². The van der Waals surface area contributed by atoms with Gasteiger partial charge in [0, 0.05) is 31.6 Å². The van der Waals surface area contributed by atoms with E-state index in [0.717, 1.165) is 31.5 Å². The smallest absolute Gasteiger partial charge is 0.246 e. The first kappa shape index (κ1) is 22.1. The molecule has 2 aromatic carbocycles. The van der Waals surface area contributed by atoms with E-state index >= 15 is 0 Å². The summed E-state index contributed by atoms with van der Waals surface area (Å²) < 4.78 is 0. The molecule has 2 amide bonds. The zero-order valence-electron chi connectivity index (χ0n) is 19.9. The lowest BCUT2D eigenvalue weighted by atomic mass is 9.57. The molecular formula is C28H35N3O2. The summed E-state index contributed by atoms with van der Waals surface area (Å²) in [6.07, 6.45) is 1.67. The van der Waals surface area contributed by atoms with Crippen LogP contribution in [0.1, 0.15) is 43.4 Å². The van der Waals surface area contributed by atoms with Crippen molar-refractivity contribution >= 4 is 11.8 Å². The van der Waals surface area contributed by atoms with Crippen molar-refractivity contribution in [2.45, 2.75) is 58.3 Å². The lowest BCUT2D eigenvalue weighted by molar-refractivity contribution is -0.155. The van der Waals surface area contributed by atoms with Crippen LogP contribution in [0, 0.1) is 30.6 Å². The molecule has 2 aromatic rings. The Hall–Kier alpha value is -2.66. The van der Waals surface area contributed by atoms with E-state index in [1.807, 2.05) is 30.3 Å². The highest BCUT2D eigenvalue weighted by atomic mass is 16.2. The van der Waals surface area contributed by atoms with Crippen molar-refractivity contribution in [3.05, 3.63) is 71.3 Å². The summed E-state index contributed by atoms with van der Waals surface area (Å²) in [4.78, 5) is 29.5. The number of piperidine rings is 2. The maximum Gasteiger partial charge on any atom is 0.246 e. The van der Waals surface area contributed by atoms with Gasteiger partial charge in [0.2, 0.25) is 11.8 Å². The molecule has 174 valence electrons. The first-order valence-corrected chi connectivity index (χ1v) is 12.3. The molecule has 4 aliphatic rings. The van der Waals surface area contributed by atoms with Gasteiger partial charge in [-0.05, 0) is 42.7 Å². The molecule has 0 spiro atoms. The third kappa shape index (κ3) is 3.97. The zero-order valence-corrected chi connectivity index (χ0v) is 19.9. The van der Waals surface area contributed by atoms with Crippen LogP contribution < -0.4 is 10.6 Å². The van der Waals surface area contributed by atoms with Crippen LogP contribution in [-0.4, -0.2) is 34.8 Å². The molecule has 1 saturated carbocycles. The van der Waals surface area contributed by atoms with Gasteiger partial charge in [0.05, 0.1) is 5.92 Å². The molecule has 0 aromatic heterocycles. The molecule has 1 aliphatic carbocycles. The second kappa shape index (κ2) is 8.60. The first-order valence-electron chi connectivity index (χ1n) is 12.3. The van der Waals surface area contributed by atoms with Crippen molar-refractivity contribution < 1.29 is 9.59 Å². The monoisotopic (exact) mass is 445 g/mol. The Balaban J connectivity index is 1.43. The molecule has 4 fully saturated rings. The maximum absolute atomic E-state index is 13.8. The topological polar surface area (TPSA) is 61.4 Å². The summed E-state index contributed by atoms with van der Waals surface area (Å²) in [7, 11) is 0. The molecule has 5 nitrogen and oxygen atoms in total. The minimum Gasteiger partial charge on any atom is -0.350 e. The van der Waals surface area contributed by atoms with Crippen molar-refractivity contribution in [3.8, 4) is 0 Å². The fourth-order valence-electron chi connectivity index (χ4n) is 6.61. The van der Waals surface area contributed by atoms with Crippen LogP contribution in [-0.2, 0) is 22.7 Å². The average molecular weight is 446 g/mol. The predicted molar refractivity (Wildman–Crippen MR) is 129 cm³/mol. The Morgan fingerprint density at radius 3 is 2.55 bits per heavy atom. The summed E-state index contributed by atoms with van der Waals surface area (Å²) in [5.74, 6) is 0.835. The summed E-state index contributed by atoms with van der Waals surface area (Å²) in [5.41, 5.74) is 2.78. The lowest BCUT2D eigenvalue weighted by Gasteiger charge is -2.55. The largest absolute Gasteiger partial charge is 0.350 e. The zero-order chi connectivity index (χ0) is 23.2. The Kier molecular flexibility index (Phi) is 5.77. The van der Waals surface area contributed by atoms with E-state index in [4.69, 9.17) is 0 Å². The van der Waals surface area contributed by atoms with Crippen molar-refractivity contribution in [1.29, 1.82) is 0 Å². The van der Waals surface area contributed by atoms with Gasteiger partial charge in [0.15, 0.2) is 0 Å². The molecule has 0 unspecified atom stereocenters. The summed E-state index contributed by atoms with van der Waals surface area (Å²) in [5, 5.41) is 6.41. The number of hydrogen-bond donors (Lipinski definition) is 2. The minimum absolute atomic E-state index is 0.0111. The standard InChI is InChI=1S/C28H35N3O2/c1-18(2)13-23-25-24-22(17-31(25)16-21-11-9-19(3)10-12-21)14-28(23,30-26(24)32)27(33)29-15-20-7-5-4-6-8-20/h4-12,18,22-25H,13-17H2,1-3H3,(H,29,33)(H,30,32)/t22-,23+,24-,25-,28+/m1/s1. The van der Waals surface area contributed by atoms with Gasteiger partial charge in [-0.15, -0.1) is 0 Å². The number of hydrogen-bond acceptors (Lipinski definition) is 3. The van der Waals surface area contributed by atoms with E-state index in [0.29, 0.717) is 12.5 Å². The fraction of sp³-hybridized carbons (Fsp3) is 0.500. The van der Waals surface area contributed by atoms with Crippen LogP contribution >= 0.6 is 0 Å². The molecule has 3 aliphatic heterocycles. The highest BCUT2D eigenvalue weighted by Crippen LogP contribution is 2.54. The van der Waals surface area contributed by atoms with E-state index in [1.54, 1.807) is 0 Å². The van der Waals surface area contributed by atoms with Gasteiger partial charge in [0.25, 0.3) is 0 Å². The molecule has 2 N–H and O–H groups in total. The third-order valence-corrected chi connectivity index (χ3v) is 7.98. The second-order valence-electron chi connectivity index (χ2n) is 10.8. The van der Waals surface area contributed by atoms with Gasteiger partial charge < -0.3 is 10.6 Å². The van der Waals surface area contributed by atoms with E-state index in [9.17, 15) is 9.59 Å². The molecule has 4 bridgehead atoms. The minimum atomic E-state index is -0.817. The lowest BCUT2D eigenvalue weighted by Crippen LogP contribution is -2.75. The van der Waals surface area contributed by atoms with E-state index in [-0.39, 0.29) is 35.6 Å². The maximum atomic E-state index is 13.8. The van der Waals surface area contributed by atoms with Gasteiger partial charge >= 0.3 is 0 Å². The highest BCUT2D eigenvalue weighted by Gasteiger charge is 2.67. The predicted octanol–water partition coefficient (Wildman–Crippen LogP) is 3.66. The molecule has 3 heterocycles. The van der Waals surface area contributed by atoms with Crippen molar-refractivity contribution in [2.24, 2.45) is 23.7 Å². The highest BCUT2D eigenvalue weighted by molar-refractivity contribution is 5.96. The number of nitrogens with one attached hydrogen (secondary N) is 2. The molecule has 3 saturated heterocycles. The van der Waals surface area contributed by atoms with Gasteiger partial charge in [-0.25, -0.2) is 0 Å². The van der Waals surface area contributed by atoms with Crippen LogP contribution in [0.2, 0.25) is 0 Å². The molecule has 5 atom stereocenters. The Morgan fingerprint density at radius 2 is 1.85 bits per heavy atom. The SMILES string of the molecule is Cc1ccc(CN2C[C@H]3C[C@]4(C(=O)NCc5ccccc5)NC(=O)[C@H]3[C@H]2[C@@H]4CC(C)C)cc1. The fourth-order valence-corrected chi connectivity index (χ4v) is 6.61. The number of fused-ring (bicyclic) bond motifs is 1. The molecule has 0 radical (unpaired) electrons. The van der Waals surface area contributed by atoms with Gasteiger partial charge in [-0.2, -0.15) is 0 Å². The summed E-state index contributed by atoms with van der Waals surface area (Å²) in [6, 6.07) is 18.8. The number of likely N-dealkylation sites (tertiary alicyclic amines) is 1. The normalized spacial score (nSPS) is 30.5. The summed E-state index contributed by atoms with van der Waals surface area (Å²) in [6.45, 7) is 8.75. The van der Waals surface area contributed by atoms with E-state index < -0.39 is 5.54 Å². The van der Waals surface area contributed by atoms with Crippen LogP contribution in [0.15, 0.2) is 54.6 Å². The molecule has 33 heavy (non-hydrogen) atoms. The number of carbonyl (C=O) groups is 2. The van der Waals surface area contributed by atoms with Gasteiger partial charge in [-0.1, -0.05) is 74.0 Å². The molecule has 6 rings (SSSR count). The second-order valence-corrected chi connectivity index (χ2v) is 10.8. The Labute approximate surface area is 196 Å². The van der Waals surface area contributed by atoms with Crippen molar-refractivity contribution in [1.82, 2.24) is 15.5 Å². The van der Waals surface area contributed by atoms with Crippen LogP contribution in [0.4, 0.5) is 0 Å². The number of amides is 2. The quantitative estimate of drug-likeness (QED) is 0.684. The molecule has 5 heteroatoms. The average Bonchev–Trinajstić information content (AvgIpc) is 3.10. The number of benzene rings is 2. The molecular weight excluding hydrogens is 410 g/mol. The third-order valence-electron chi connectivity index (χ3n) is 7.98. The first-order chi connectivity index (χ1) is 15.9. The number of carbonyl (C=O) groups excluding carboxylic acids is 2. The van der Waals surface area contributed by atoms with E-state index in [1.165, 1.54) is 11.1 Å². The Bertz CT molecular complexity index is 1020. The Morgan fingerprint density at radius 1 is 1.12 bits per heavy atom. The van der Waals surface area contributed by atoms with Crippen molar-refractivity contribution in [3.63, 3.8) is 0 Å². The van der Waals surface area contributed by atoms with Gasteiger partial charge in [0.1, 0.15) is 5.54 Å². The van der Waals surface area contributed by atoms with Crippen LogP contribution in [0.25, 0.3) is 0 Å².